The van der Waals surface area contributed by atoms with Crippen molar-refractivity contribution in [3.63, 3.8) is 0 Å². The SMILES string of the molecule is COC(=O)c1ccc(O[C@H]2C[C@@H]3CN(CC(=O)Nc4ccc(C)cc4)C[C@@H]3C[C@@H]2O)cc1. The number of likely N-dealkylation sites (tertiary alicyclic amines) is 1. The van der Waals surface area contributed by atoms with Gasteiger partial charge in [0, 0.05) is 18.8 Å². The molecule has 7 heteroatoms. The Morgan fingerprint density at radius 2 is 1.69 bits per heavy atom. The number of rotatable bonds is 6. The number of aliphatic hydroxyl groups excluding tert-OH is 1. The number of aliphatic hydroxyl groups is 1. The first-order valence-corrected chi connectivity index (χ1v) is 11.0. The molecule has 2 aliphatic rings. The number of ether oxygens (including phenoxy) is 2. The van der Waals surface area contributed by atoms with E-state index in [0.717, 1.165) is 30.8 Å². The lowest BCUT2D eigenvalue weighted by atomic mass is 9.78. The lowest BCUT2D eigenvalue weighted by Crippen LogP contribution is -2.42. The molecule has 32 heavy (non-hydrogen) atoms. The van der Waals surface area contributed by atoms with Crippen LogP contribution in [0.2, 0.25) is 0 Å². The maximum atomic E-state index is 12.5. The monoisotopic (exact) mass is 438 g/mol. The van der Waals surface area contributed by atoms with Crippen LogP contribution in [-0.2, 0) is 9.53 Å². The number of carbonyl (C=O) groups excluding carboxylic acids is 2. The van der Waals surface area contributed by atoms with Gasteiger partial charge in [-0.2, -0.15) is 0 Å². The molecule has 7 nitrogen and oxygen atoms in total. The van der Waals surface area contributed by atoms with Gasteiger partial charge in [0.25, 0.3) is 0 Å². The van der Waals surface area contributed by atoms with E-state index in [2.05, 4.69) is 10.2 Å². The normalized spacial score (nSPS) is 25.1. The summed E-state index contributed by atoms with van der Waals surface area (Å²) in [7, 11) is 1.35. The number of nitrogens with zero attached hydrogens (tertiary/aromatic N) is 1. The Kier molecular flexibility index (Phi) is 6.77. The van der Waals surface area contributed by atoms with Gasteiger partial charge >= 0.3 is 5.97 Å². The first kappa shape index (κ1) is 22.3. The van der Waals surface area contributed by atoms with E-state index < -0.39 is 12.1 Å². The number of nitrogens with one attached hydrogen (secondary N) is 1. The van der Waals surface area contributed by atoms with E-state index in [4.69, 9.17) is 9.47 Å². The number of hydrogen-bond donors (Lipinski definition) is 2. The summed E-state index contributed by atoms with van der Waals surface area (Å²) in [6.45, 7) is 3.99. The van der Waals surface area contributed by atoms with Crippen LogP contribution >= 0.6 is 0 Å². The van der Waals surface area contributed by atoms with E-state index in [1.807, 2.05) is 31.2 Å². The fourth-order valence-electron chi connectivity index (χ4n) is 4.75. The molecule has 0 aromatic heterocycles. The highest BCUT2D eigenvalue weighted by molar-refractivity contribution is 5.92. The summed E-state index contributed by atoms with van der Waals surface area (Å²) in [5.74, 6) is 0.942. The molecule has 0 spiro atoms. The predicted octanol–water partition coefficient (Wildman–Crippen LogP) is 2.87. The summed E-state index contributed by atoms with van der Waals surface area (Å²) in [5, 5.41) is 13.6. The van der Waals surface area contributed by atoms with Crippen LogP contribution in [0.3, 0.4) is 0 Å². The fraction of sp³-hybridized carbons (Fsp3) is 0.440. The van der Waals surface area contributed by atoms with Crippen LogP contribution in [-0.4, -0.2) is 60.8 Å². The zero-order valence-corrected chi connectivity index (χ0v) is 18.5. The summed E-state index contributed by atoms with van der Waals surface area (Å²) >= 11 is 0. The van der Waals surface area contributed by atoms with Gasteiger partial charge in [0.05, 0.1) is 25.3 Å². The van der Waals surface area contributed by atoms with Crippen molar-refractivity contribution in [3.05, 3.63) is 59.7 Å². The average Bonchev–Trinajstić information content (AvgIpc) is 3.16. The molecule has 4 rings (SSSR count). The number of amides is 1. The Morgan fingerprint density at radius 1 is 1.03 bits per heavy atom. The van der Waals surface area contributed by atoms with E-state index in [1.54, 1.807) is 24.3 Å². The largest absolute Gasteiger partial charge is 0.488 e. The Morgan fingerprint density at radius 3 is 2.34 bits per heavy atom. The Hall–Kier alpha value is -2.90. The molecule has 2 fully saturated rings. The minimum Gasteiger partial charge on any atom is -0.488 e. The van der Waals surface area contributed by atoms with E-state index in [-0.39, 0.29) is 12.0 Å². The molecule has 170 valence electrons. The van der Waals surface area contributed by atoms with Crippen LogP contribution in [0.25, 0.3) is 0 Å². The summed E-state index contributed by atoms with van der Waals surface area (Å²) < 4.78 is 10.8. The number of anilines is 1. The van der Waals surface area contributed by atoms with Gasteiger partial charge in [-0.3, -0.25) is 9.69 Å². The summed E-state index contributed by atoms with van der Waals surface area (Å²) in [5.41, 5.74) is 2.42. The first-order valence-electron chi connectivity index (χ1n) is 11.0. The second kappa shape index (κ2) is 9.71. The number of benzene rings is 2. The summed E-state index contributed by atoms with van der Waals surface area (Å²) in [6.07, 6.45) is 0.534. The highest BCUT2D eigenvalue weighted by Gasteiger charge is 2.43. The highest BCUT2D eigenvalue weighted by atomic mass is 16.5. The number of esters is 1. The van der Waals surface area contributed by atoms with Gasteiger partial charge in [-0.1, -0.05) is 17.7 Å². The minimum absolute atomic E-state index is 0.0217. The van der Waals surface area contributed by atoms with Gasteiger partial charge in [-0.25, -0.2) is 4.79 Å². The van der Waals surface area contributed by atoms with Crippen molar-refractivity contribution in [1.82, 2.24) is 4.90 Å². The molecule has 1 saturated carbocycles. The second-order valence-corrected chi connectivity index (χ2v) is 8.84. The highest BCUT2D eigenvalue weighted by Crippen LogP contribution is 2.38. The standard InChI is InChI=1S/C25H30N2O5/c1-16-3-7-20(8-4-16)26-24(29)15-27-13-18-11-22(28)23(12-19(18)14-27)32-21-9-5-17(6-10-21)25(30)31-2/h3-10,18-19,22-23,28H,11-15H2,1-2H3,(H,26,29)/t18-,19+,22-,23-/m0/s1. The third kappa shape index (κ3) is 5.29. The van der Waals surface area contributed by atoms with Crippen molar-refractivity contribution in [3.8, 4) is 5.75 Å². The smallest absolute Gasteiger partial charge is 0.337 e. The Labute approximate surface area is 188 Å². The van der Waals surface area contributed by atoms with Crippen LogP contribution in [0.1, 0.15) is 28.8 Å². The van der Waals surface area contributed by atoms with Crippen molar-refractivity contribution < 1.29 is 24.2 Å². The Balaban J connectivity index is 1.30. The van der Waals surface area contributed by atoms with Crippen molar-refractivity contribution in [2.75, 3.05) is 32.1 Å². The zero-order valence-electron chi connectivity index (χ0n) is 18.5. The Bertz CT molecular complexity index is 944. The van der Waals surface area contributed by atoms with Gasteiger partial charge in [0.1, 0.15) is 11.9 Å². The molecule has 1 amide bonds. The molecule has 4 atom stereocenters. The number of hydrogen-bond acceptors (Lipinski definition) is 6. The summed E-state index contributed by atoms with van der Waals surface area (Å²) in [4.78, 5) is 26.2. The molecule has 1 heterocycles. The number of aryl methyl sites for hydroxylation is 1. The van der Waals surface area contributed by atoms with Crippen LogP contribution < -0.4 is 10.1 Å². The molecular formula is C25H30N2O5. The second-order valence-electron chi connectivity index (χ2n) is 8.84. The van der Waals surface area contributed by atoms with Gasteiger partial charge in [0.2, 0.25) is 5.91 Å². The topological polar surface area (TPSA) is 88.1 Å². The van der Waals surface area contributed by atoms with Crippen molar-refractivity contribution in [2.24, 2.45) is 11.8 Å². The average molecular weight is 439 g/mol. The fourth-order valence-corrected chi connectivity index (χ4v) is 4.75. The lowest BCUT2D eigenvalue weighted by Gasteiger charge is -2.35. The predicted molar refractivity (Wildman–Crippen MR) is 121 cm³/mol. The minimum atomic E-state index is -0.558. The van der Waals surface area contributed by atoms with Crippen molar-refractivity contribution >= 4 is 17.6 Å². The van der Waals surface area contributed by atoms with Crippen molar-refractivity contribution in [2.45, 2.75) is 32.0 Å². The third-order valence-corrected chi connectivity index (χ3v) is 6.43. The van der Waals surface area contributed by atoms with Crippen LogP contribution in [0.4, 0.5) is 5.69 Å². The van der Waals surface area contributed by atoms with E-state index >= 15 is 0 Å². The summed E-state index contributed by atoms with van der Waals surface area (Å²) in [6, 6.07) is 14.5. The van der Waals surface area contributed by atoms with Crippen LogP contribution in [0.5, 0.6) is 5.75 Å². The van der Waals surface area contributed by atoms with Gasteiger partial charge < -0.3 is 19.9 Å². The first-order chi connectivity index (χ1) is 15.4. The molecule has 2 aromatic rings. The molecule has 1 aliphatic heterocycles. The molecule has 2 aromatic carbocycles. The van der Waals surface area contributed by atoms with Gasteiger partial charge in [0.15, 0.2) is 0 Å². The molecular weight excluding hydrogens is 408 g/mol. The zero-order chi connectivity index (χ0) is 22.7. The number of fused-ring (bicyclic) bond motifs is 1. The van der Waals surface area contributed by atoms with E-state index in [0.29, 0.717) is 36.1 Å². The molecule has 0 unspecified atom stereocenters. The number of carbonyl (C=O) groups is 2. The van der Waals surface area contributed by atoms with Crippen molar-refractivity contribution in [1.29, 1.82) is 0 Å². The maximum absolute atomic E-state index is 12.5. The number of methoxy groups -OCH3 is 1. The molecule has 0 bridgehead atoms. The molecule has 2 N–H and O–H groups in total. The van der Waals surface area contributed by atoms with E-state index in [1.165, 1.54) is 7.11 Å². The molecule has 1 saturated heterocycles. The third-order valence-electron chi connectivity index (χ3n) is 6.43. The molecule has 1 aliphatic carbocycles. The quantitative estimate of drug-likeness (QED) is 0.675. The van der Waals surface area contributed by atoms with Crippen LogP contribution in [0, 0.1) is 18.8 Å². The van der Waals surface area contributed by atoms with E-state index in [9.17, 15) is 14.7 Å². The van der Waals surface area contributed by atoms with Gasteiger partial charge in [-0.15, -0.1) is 0 Å². The lowest BCUT2D eigenvalue weighted by molar-refractivity contribution is -0.117. The van der Waals surface area contributed by atoms with Gasteiger partial charge in [-0.05, 0) is 68.0 Å². The van der Waals surface area contributed by atoms with Crippen LogP contribution in [0.15, 0.2) is 48.5 Å². The maximum Gasteiger partial charge on any atom is 0.337 e. The molecule has 0 radical (unpaired) electrons.